The molecule has 0 aromatic carbocycles. The molecule has 0 unspecified atom stereocenters. The molecule has 0 aromatic rings. The van der Waals surface area contributed by atoms with Gasteiger partial charge in [0.1, 0.15) is 0 Å². The van der Waals surface area contributed by atoms with Crippen molar-refractivity contribution in [2.45, 2.75) is 6.92 Å². The average molecular weight is 163 g/mol. The van der Waals surface area contributed by atoms with Gasteiger partial charge < -0.3 is 0 Å². The molecular weight excluding hydrogens is 155 g/mol. The van der Waals surface area contributed by atoms with Crippen molar-refractivity contribution in [1.29, 1.82) is 0 Å². The predicted molar refractivity (Wildman–Crippen MR) is 32.6 cm³/mol. The first-order chi connectivity index (χ1) is 3.18. The summed E-state index contributed by atoms with van der Waals surface area (Å²) in [5, 5.41) is 0. The third-order valence-corrected chi connectivity index (χ3v) is 1.61. The van der Waals surface area contributed by atoms with Crippen LogP contribution in [0.4, 0.5) is 0 Å². The molecule has 40 valence electrons. The Kier molecular flexibility index (Phi) is 2.97. The van der Waals surface area contributed by atoms with Gasteiger partial charge in [-0.1, -0.05) is 0 Å². The molecule has 0 atom stereocenters. The maximum atomic E-state index is 4.77. The summed E-state index contributed by atoms with van der Waals surface area (Å²) in [7, 11) is 1.61. The Balaban J connectivity index is 3.58. The molecule has 0 aliphatic rings. The van der Waals surface area contributed by atoms with Gasteiger partial charge in [0.05, 0.1) is 0 Å². The van der Waals surface area contributed by atoms with Crippen LogP contribution in [0.1, 0.15) is 6.92 Å². The summed E-state index contributed by atoms with van der Waals surface area (Å²) in [6.45, 7) is 5.52. The monoisotopic (exact) mass is 164 g/mol. The van der Waals surface area contributed by atoms with E-state index in [2.05, 4.69) is 22.2 Å². The molecule has 1 nitrogen and oxygen atoms in total. The van der Waals surface area contributed by atoms with Crippen LogP contribution in [0.3, 0.4) is 0 Å². The van der Waals surface area contributed by atoms with E-state index in [1.165, 1.54) is 0 Å². The van der Waals surface area contributed by atoms with Gasteiger partial charge in [0, 0.05) is 0 Å². The second kappa shape index (κ2) is 3.00. The van der Waals surface area contributed by atoms with Crippen molar-refractivity contribution in [3.05, 3.63) is 12.2 Å². The van der Waals surface area contributed by atoms with Crippen LogP contribution in [0.2, 0.25) is 0 Å². The first kappa shape index (κ1) is 6.93. The van der Waals surface area contributed by atoms with Crippen LogP contribution in [-0.4, -0.2) is 27.3 Å². The zero-order valence-corrected chi connectivity index (χ0v) is 6.24. The number of ether oxygens (including phenoxy) is 1. The van der Waals surface area contributed by atoms with Gasteiger partial charge in [-0.3, -0.25) is 0 Å². The molecule has 0 N–H and O–H groups in total. The van der Waals surface area contributed by atoms with E-state index < -0.39 is 0 Å². The van der Waals surface area contributed by atoms with Crippen LogP contribution in [0.5, 0.6) is 0 Å². The Labute approximate surface area is 51.7 Å². The topological polar surface area (TPSA) is 9.23 Å². The van der Waals surface area contributed by atoms with E-state index in [1.807, 2.05) is 6.92 Å². The van der Waals surface area contributed by atoms with Gasteiger partial charge >= 0.3 is 51.1 Å². The van der Waals surface area contributed by atoms with Crippen molar-refractivity contribution >= 4 is 20.2 Å². The summed E-state index contributed by atoms with van der Waals surface area (Å²) >= 11 is 2.72. The minimum absolute atomic E-state index is 0.778. The molecule has 0 saturated heterocycles. The van der Waals surface area contributed by atoms with Crippen molar-refractivity contribution in [1.82, 2.24) is 0 Å². The molecule has 0 saturated carbocycles. The number of hydrogen-bond donors (Lipinski definition) is 0. The van der Waals surface area contributed by atoms with E-state index in [4.69, 9.17) is 4.74 Å². The van der Waals surface area contributed by atoms with Crippen LogP contribution in [0, 0.1) is 0 Å². The Hall–Kier alpha value is -0.0705. The summed E-state index contributed by atoms with van der Waals surface area (Å²) in [5.74, 6) is 0. The third-order valence-electron chi connectivity index (χ3n) is 0.534. The first-order valence-electron chi connectivity index (χ1n) is 1.92. The second-order valence-corrected chi connectivity index (χ2v) is 2.05. The van der Waals surface area contributed by atoms with Crippen molar-refractivity contribution < 1.29 is 4.74 Å². The van der Waals surface area contributed by atoms with E-state index in [1.54, 1.807) is 7.11 Å². The molecule has 0 spiro atoms. The Bertz CT molecular complexity index is 96.3. The fourth-order valence-corrected chi connectivity index (χ4v) is 0.174. The fraction of sp³-hybridized carbons (Fsp3) is 0.400. The molecule has 0 aliphatic heterocycles. The van der Waals surface area contributed by atoms with Gasteiger partial charge in [0.2, 0.25) is 0 Å². The number of methoxy groups -OCH3 is 1. The average Bonchev–Trinajstić information content (AvgIpc) is 1.65. The molecule has 7 heavy (non-hydrogen) atoms. The van der Waals surface area contributed by atoms with E-state index in [-0.39, 0.29) is 0 Å². The van der Waals surface area contributed by atoms with Crippen LogP contribution >= 0.6 is 0 Å². The quantitative estimate of drug-likeness (QED) is 0.539. The van der Waals surface area contributed by atoms with Gasteiger partial charge in [-0.25, -0.2) is 0 Å². The Morgan fingerprint density at radius 2 is 2.14 bits per heavy atom. The van der Waals surface area contributed by atoms with Crippen molar-refractivity contribution in [2.75, 3.05) is 7.11 Å². The zero-order chi connectivity index (χ0) is 5.86. The van der Waals surface area contributed by atoms with Gasteiger partial charge in [-0.2, -0.15) is 0 Å². The molecule has 0 bridgehead atoms. The van der Waals surface area contributed by atoms with Gasteiger partial charge in [-0.15, -0.1) is 0 Å². The molecule has 2 heteroatoms. The standard InChI is InChI=1S/C5H8OSe/c1-4(2)5(7)6-3/h1H2,2-3H3. The van der Waals surface area contributed by atoms with E-state index >= 15 is 0 Å². The van der Waals surface area contributed by atoms with Crippen molar-refractivity contribution in [3.8, 4) is 0 Å². The van der Waals surface area contributed by atoms with Gasteiger partial charge in [-0.05, 0) is 0 Å². The molecule has 0 aliphatic carbocycles. The van der Waals surface area contributed by atoms with Crippen LogP contribution in [0.15, 0.2) is 12.2 Å². The minimum atomic E-state index is 0.778. The van der Waals surface area contributed by atoms with Gasteiger partial charge in [0.15, 0.2) is 0 Å². The first-order valence-corrected chi connectivity index (χ1v) is 2.78. The van der Waals surface area contributed by atoms with Gasteiger partial charge in [0.25, 0.3) is 0 Å². The number of hydrogen-bond acceptors (Lipinski definition) is 1. The van der Waals surface area contributed by atoms with Crippen LogP contribution in [0.25, 0.3) is 0 Å². The third kappa shape index (κ3) is 2.60. The molecular formula is C5H8OSe. The van der Waals surface area contributed by atoms with Crippen LogP contribution in [-0.2, 0) is 4.74 Å². The van der Waals surface area contributed by atoms with Crippen molar-refractivity contribution in [3.63, 3.8) is 0 Å². The molecule has 0 rings (SSSR count). The van der Waals surface area contributed by atoms with Crippen LogP contribution < -0.4 is 0 Å². The van der Waals surface area contributed by atoms with E-state index in [9.17, 15) is 0 Å². The summed E-state index contributed by atoms with van der Waals surface area (Å²) < 4.78 is 5.55. The summed E-state index contributed by atoms with van der Waals surface area (Å²) in [6, 6.07) is 0. The molecule has 0 amide bonds. The van der Waals surface area contributed by atoms with E-state index in [0.717, 1.165) is 10.2 Å². The predicted octanol–water partition coefficient (Wildman–Crippen LogP) is 0.507. The summed E-state index contributed by atoms with van der Waals surface area (Å²) in [5.41, 5.74) is 0.933. The summed E-state index contributed by atoms with van der Waals surface area (Å²) in [4.78, 5) is 0. The Morgan fingerprint density at radius 3 is 2.14 bits per heavy atom. The second-order valence-electron chi connectivity index (χ2n) is 1.27. The molecule has 0 aromatic heterocycles. The molecule has 0 radical (unpaired) electrons. The SMILES string of the molecule is C=C(C)C(=[Se])OC. The molecule has 0 heterocycles. The zero-order valence-electron chi connectivity index (χ0n) is 4.52. The molecule has 0 fully saturated rings. The van der Waals surface area contributed by atoms with E-state index in [0.29, 0.717) is 0 Å². The number of rotatable bonds is 2. The normalized spacial score (nSPS) is 7.71. The summed E-state index contributed by atoms with van der Waals surface area (Å²) in [6.07, 6.45) is 0. The Morgan fingerprint density at radius 1 is 1.71 bits per heavy atom. The fourth-order valence-electron chi connectivity index (χ4n) is 0.174. The maximum absolute atomic E-state index is 4.77. The van der Waals surface area contributed by atoms with Crippen molar-refractivity contribution in [2.24, 2.45) is 0 Å².